The summed E-state index contributed by atoms with van der Waals surface area (Å²) >= 11 is 6.37. The Bertz CT molecular complexity index is 1310. The van der Waals surface area contributed by atoms with Crippen LogP contribution in [0.4, 0.5) is 29.2 Å². The zero-order valence-electron chi connectivity index (χ0n) is 16.5. The fourth-order valence-corrected chi connectivity index (χ4v) is 3.85. The minimum Gasteiger partial charge on any atom is -0.342 e. The molecule has 0 bridgehead atoms. The maximum atomic E-state index is 13.9. The van der Waals surface area contributed by atoms with Gasteiger partial charge >= 0.3 is 12.3 Å². The zero-order valence-corrected chi connectivity index (χ0v) is 17.2. The van der Waals surface area contributed by atoms with Crippen LogP contribution in [-0.4, -0.2) is 40.5 Å². The van der Waals surface area contributed by atoms with Crippen molar-refractivity contribution in [1.29, 1.82) is 0 Å². The molecule has 1 N–H and O–H groups in total. The third-order valence-corrected chi connectivity index (χ3v) is 5.56. The predicted molar refractivity (Wildman–Crippen MR) is 108 cm³/mol. The van der Waals surface area contributed by atoms with Gasteiger partial charge in [-0.25, -0.2) is 13.8 Å². The molecule has 5 rings (SSSR count). The Balaban J connectivity index is 1.53. The molecule has 0 fully saturated rings. The van der Waals surface area contributed by atoms with Gasteiger partial charge in [0.05, 0.1) is 16.9 Å². The lowest BCUT2D eigenvalue weighted by Gasteiger charge is -2.21. The molecular formula is C19H15ClF4N8. The average Bonchev–Trinajstić information content (AvgIpc) is 3.47. The Morgan fingerprint density at radius 3 is 2.72 bits per heavy atom. The molecule has 0 radical (unpaired) electrons. The van der Waals surface area contributed by atoms with Gasteiger partial charge in [-0.05, 0) is 12.1 Å². The molecule has 0 atom stereocenters. The van der Waals surface area contributed by atoms with E-state index in [1.807, 2.05) is 0 Å². The fourth-order valence-electron chi connectivity index (χ4n) is 3.64. The summed E-state index contributed by atoms with van der Waals surface area (Å²) in [6.45, 7) is 0.327. The largest absolute Gasteiger partial charge is 0.365 e. The molecule has 32 heavy (non-hydrogen) atoms. The van der Waals surface area contributed by atoms with Crippen LogP contribution in [0.25, 0.3) is 22.6 Å². The standard InChI is InChI=1S/C19H15ClF4N8/c1-30-15(2-3-26-30)27-14-7-11(12(20)8-25-14)10-6-13-16-28-29-18(19(23,24)17(21)22)32(16)5-4-31(13)9-10/h2-3,6-9,17H,4-5H2,1H3,(H,25,27). The topological polar surface area (TPSA) is 78.4 Å². The molecule has 0 amide bonds. The Morgan fingerprint density at radius 2 is 2.00 bits per heavy atom. The molecular weight excluding hydrogens is 452 g/mol. The van der Waals surface area contributed by atoms with E-state index in [0.29, 0.717) is 27.7 Å². The van der Waals surface area contributed by atoms with E-state index in [1.165, 1.54) is 6.20 Å². The van der Waals surface area contributed by atoms with Crippen LogP contribution in [0, 0.1) is 0 Å². The maximum Gasteiger partial charge on any atom is 0.365 e. The van der Waals surface area contributed by atoms with E-state index in [1.54, 1.807) is 46.9 Å². The maximum absolute atomic E-state index is 13.9. The molecule has 0 aromatic carbocycles. The number of hydrogen-bond donors (Lipinski definition) is 1. The molecule has 0 spiro atoms. The summed E-state index contributed by atoms with van der Waals surface area (Å²) in [5.41, 5.74) is 1.82. The van der Waals surface area contributed by atoms with Gasteiger partial charge in [0.1, 0.15) is 11.6 Å². The van der Waals surface area contributed by atoms with Gasteiger partial charge in [-0.1, -0.05) is 11.6 Å². The van der Waals surface area contributed by atoms with Gasteiger partial charge in [0.25, 0.3) is 0 Å². The summed E-state index contributed by atoms with van der Waals surface area (Å²) in [5.74, 6) is -4.08. The van der Waals surface area contributed by atoms with E-state index in [4.69, 9.17) is 11.6 Å². The van der Waals surface area contributed by atoms with E-state index in [9.17, 15) is 17.6 Å². The highest BCUT2D eigenvalue weighted by molar-refractivity contribution is 6.33. The van der Waals surface area contributed by atoms with Crippen LogP contribution < -0.4 is 5.32 Å². The highest BCUT2D eigenvalue weighted by Gasteiger charge is 2.48. The third kappa shape index (κ3) is 3.22. The number of aryl methyl sites for hydroxylation is 2. The van der Waals surface area contributed by atoms with Crippen LogP contribution in [0.1, 0.15) is 5.82 Å². The van der Waals surface area contributed by atoms with E-state index < -0.39 is 18.2 Å². The summed E-state index contributed by atoms with van der Waals surface area (Å²) in [6.07, 6.45) is 1.06. The number of halogens is 5. The van der Waals surface area contributed by atoms with Crippen molar-refractivity contribution in [3.05, 3.63) is 47.6 Å². The summed E-state index contributed by atoms with van der Waals surface area (Å²) in [5, 5.41) is 14.7. The van der Waals surface area contributed by atoms with Crippen LogP contribution >= 0.6 is 11.6 Å². The van der Waals surface area contributed by atoms with Crippen molar-refractivity contribution in [3.8, 4) is 22.6 Å². The number of anilines is 2. The SMILES string of the molecule is Cn1nccc1Nc1cc(-c2cc3n(c2)CCn2c-3nnc2C(F)(F)C(F)F)c(Cl)cn1. The summed E-state index contributed by atoms with van der Waals surface area (Å²) < 4.78 is 58.0. The number of nitrogens with zero attached hydrogens (tertiary/aromatic N) is 7. The van der Waals surface area contributed by atoms with Gasteiger partial charge in [-0.3, -0.25) is 4.68 Å². The minimum atomic E-state index is -4.39. The monoisotopic (exact) mass is 466 g/mol. The number of alkyl halides is 4. The minimum absolute atomic E-state index is 0.0401. The smallest absolute Gasteiger partial charge is 0.342 e. The van der Waals surface area contributed by atoms with Crippen molar-refractivity contribution in [3.63, 3.8) is 0 Å². The van der Waals surface area contributed by atoms with Gasteiger partial charge in [-0.2, -0.15) is 13.9 Å². The van der Waals surface area contributed by atoms with Crippen molar-refractivity contribution < 1.29 is 17.6 Å². The van der Waals surface area contributed by atoms with Crippen LogP contribution in [0.5, 0.6) is 0 Å². The van der Waals surface area contributed by atoms with Gasteiger partial charge in [-0.15, -0.1) is 10.2 Å². The number of rotatable bonds is 5. The van der Waals surface area contributed by atoms with Crippen molar-refractivity contribution >= 4 is 23.2 Å². The first-order valence-corrected chi connectivity index (χ1v) is 9.84. The lowest BCUT2D eigenvalue weighted by atomic mass is 10.1. The Morgan fingerprint density at radius 1 is 1.19 bits per heavy atom. The molecule has 4 aromatic heterocycles. The van der Waals surface area contributed by atoms with Gasteiger partial charge < -0.3 is 14.5 Å². The van der Waals surface area contributed by atoms with Gasteiger partial charge in [0.15, 0.2) is 5.82 Å². The summed E-state index contributed by atoms with van der Waals surface area (Å²) in [7, 11) is 1.78. The molecule has 1 aliphatic heterocycles. The van der Waals surface area contributed by atoms with E-state index in [0.717, 1.165) is 10.4 Å². The number of nitrogens with one attached hydrogen (secondary N) is 1. The molecule has 0 saturated heterocycles. The molecule has 4 aromatic rings. The van der Waals surface area contributed by atoms with Crippen molar-refractivity contribution in [1.82, 2.24) is 34.1 Å². The number of aromatic nitrogens is 7. The quantitative estimate of drug-likeness (QED) is 0.443. The van der Waals surface area contributed by atoms with Crippen LogP contribution in [0.15, 0.2) is 36.8 Å². The van der Waals surface area contributed by atoms with E-state index >= 15 is 0 Å². The Kier molecular flexibility index (Phi) is 4.69. The second-order valence-corrected chi connectivity index (χ2v) is 7.65. The number of hydrogen-bond acceptors (Lipinski definition) is 5. The zero-order chi connectivity index (χ0) is 22.6. The summed E-state index contributed by atoms with van der Waals surface area (Å²) in [6, 6.07) is 5.24. The highest BCUT2D eigenvalue weighted by atomic mass is 35.5. The van der Waals surface area contributed by atoms with Crippen molar-refractivity contribution in [2.45, 2.75) is 25.4 Å². The second-order valence-electron chi connectivity index (χ2n) is 7.24. The molecule has 0 unspecified atom stereocenters. The van der Waals surface area contributed by atoms with Gasteiger partial charge in [0, 0.05) is 49.7 Å². The highest BCUT2D eigenvalue weighted by Crippen LogP contribution is 2.39. The molecule has 0 aliphatic carbocycles. The van der Waals surface area contributed by atoms with Gasteiger partial charge in [0.2, 0.25) is 5.82 Å². The first-order valence-electron chi connectivity index (χ1n) is 9.47. The van der Waals surface area contributed by atoms with Crippen molar-refractivity contribution in [2.75, 3.05) is 5.32 Å². The fraction of sp³-hybridized carbons (Fsp3) is 0.263. The van der Waals surface area contributed by atoms with Crippen molar-refractivity contribution in [2.24, 2.45) is 7.05 Å². The van der Waals surface area contributed by atoms with Crippen LogP contribution in [-0.2, 0) is 26.1 Å². The average molecular weight is 467 g/mol. The molecule has 8 nitrogen and oxygen atoms in total. The predicted octanol–water partition coefficient (Wildman–Crippen LogP) is 4.31. The molecule has 0 saturated carbocycles. The molecule has 166 valence electrons. The van der Waals surface area contributed by atoms with Crippen LogP contribution in [0.3, 0.4) is 0 Å². The Hall–Kier alpha value is -3.41. The van der Waals surface area contributed by atoms with E-state index in [2.05, 4.69) is 25.6 Å². The Labute approximate surface area is 183 Å². The first-order chi connectivity index (χ1) is 15.3. The van der Waals surface area contributed by atoms with E-state index in [-0.39, 0.29) is 18.9 Å². The lowest BCUT2D eigenvalue weighted by molar-refractivity contribution is -0.143. The summed E-state index contributed by atoms with van der Waals surface area (Å²) in [4.78, 5) is 4.27. The van der Waals surface area contributed by atoms with Crippen LogP contribution in [0.2, 0.25) is 5.02 Å². The normalized spacial score (nSPS) is 13.3. The number of pyridine rings is 1. The first kappa shape index (κ1) is 20.5. The molecule has 1 aliphatic rings. The third-order valence-electron chi connectivity index (χ3n) is 5.26. The molecule has 13 heteroatoms. The molecule has 5 heterocycles. The second kappa shape index (κ2) is 7.33. The number of fused-ring (bicyclic) bond motifs is 3. The lowest BCUT2D eigenvalue weighted by Crippen LogP contribution is -2.30.